The molecule has 0 aromatic heterocycles. The first-order valence-corrected chi connectivity index (χ1v) is 52.3. The SMILES string of the molecule is CC.CC.CC.CC.CC.CC.CC.CC.CC.CCl.CCl.CCl.CCl.CO/C=C/c1ccccc1-c1cccc2ccccc12.O=Cc1ccccc1-c1cccc2ccccc12.O=Cc1ccccc1Br.OB(O)c1cccc2ccccc12.c1ccc2c(c1)ccc1ccc3ccccc3c12.c1ccc2c(c1)ccc1ccc3ccccc3c12.c1ccc2c(c1)ccc1ccc3ccccc3c12. The van der Waals surface area contributed by atoms with E-state index in [2.05, 4.69) is 366 Å². The zero-order valence-corrected chi connectivity index (χ0v) is 90.8. The number of hydrogen-bond donors (Lipinski definition) is 2. The fraction of sp³-hybridized carbons (Fsp3) is 0.178. The van der Waals surface area contributed by atoms with E-state index in [0.717, 1.165) is 50.1 Å². The summed E-state index contributed by atoms with van der Waals surface area (Å²) in [7, 11) is 0.267. The van der Waals surface area contributed by atoms with E-state index in [4.69, 9.17) is 14.8 Å². The third-order valence-corrected chi connectivity index (χ3v) is 21.3. The molecule has 21 aromatic rings. The molecule has 0 spiro atoms. The van der Waals surface area contributed by atoms with E-state index >= 15 is 0 Å². The molecule has 0 fully saturated rings. The van der Waals surface area contributed by atoms with Gasteiger partial charge < -0.3 is 14.8 Å². The molecule has 0 atom stereocenters. The molecule has 0 radical (unpaired) electrons. The Bertz CT molecular complexity index is 6490. The van der Waals surface area contributed by atoms with Crippen LogP contribution in [0.25, 0.3) is 158 Å². The standard InChI is InChI=1S/C19H16O.3C18H12.C17H12O.C10H9BO2.C7H5BrO.9C2H6.4CH3Cl/c1-20-14-13-16-8-3-5-11-18(16)19-12-6-9-15-7-2-4-10-17(15)19;3*1-3-7-16-13(5-1)9-11-15-12-10-14-6-2-4-8-17(14)18(15)16;18-12-14-7-2-4-10-16(14)17-11-5-8-13-6-1-3-9-15(13)17;12-11(13)10-7-3-5-8-4-1-2-6-9(8)10;8-7-4-2-1-3-6(7)5-9;13*1-2/h2-14H,1H3;4*1-12H;1-7,12-13H;1-5H;9*1-2H3;4*1H3/b14-13+;;;;;;;;;;;;;;;;;;;. The molecule has 0 aliphatic carbocycles. The summed E-state index contributed by atoms with van der Waals surface area (Å²) >= 11 is 21.8. The second-order valence-electron chi connectivity index (χ2n) is 27.5. The van der Waals surface area contributed by atoms with Crippen LogP contribution in [0.3, 0.4) is 0 Å². The zero-order chi connectivity index (χ0) is 104. The molecule has 0 unspecified atom stereocenters. The number of fused-ring (bicyclic) bond motifs is 18. The maximum Gasteiger partial charge on any atom is 0.489 e. The van der Waals surface area contributed by atoms with E-state index < -0.39 is 7.12 Å². The van der Waals surface area contributed by atoms with Crippen LogP contribution in [-0.4, -0.2) is 62.4 Å². The lowest BCUT2D eigenvalue weighted by molar-refractivity contribution is 0.111. The van der Waals surface area contributed by atoms with Crippen molar-refractivity contribution < 1.29 is 24.4 Å². The van der Waals surface area contributed by atoms with E-state index in [1.807, 2.05) is 234 Å². The molecule has 0 amide bonds. The second kappa shape index (κ2) is 74.3. The maximum absolute atomic E-state index is 11.1. The highest BCUT2D eigenvalue weighted by molar-refractivity contribution is 9.10. The van der Waals surface area contributed by atoms with Gasteiger partial charge in [-0.3, -0.25) is 9.59 Å². The summed E-state index contributed by atoms with van der Waals surface area (Å²) in [5.74, 6) is 0. The lowest BCUT2D eigenvalue weighted by atomic mass is 9.77. The number of ether oxygens (including phenoxy) is 1. The van der Waals surface area contributed by atoms with Gasteiger partial charge in [-0.1, -0.05) is 553 Å². The van der Waals surface area contributed by atoms with Crippen molar-refractivity contribution in [3.63, 3.8) is 0 Å². The molecular weight excluding hydrogens is 1860 g/mol. The van der Waals surface area contributed by atoms with Crippen LogP contribution in [0.2, 0.25) is 0 Å². The summed E-state index contributed by atoms with van der Waals surface area (Å²) in [6.07, 6.45) is 11.3. The average molecular weight is 2010 g/mol. The lowest BCUT2D eigenvalue weighted by Gasteiger charge is -2.10. The molecule has 0 saturated heterocycles. The summed E-state index contributed by atoms with van der Waals surface area (Å²) < 4.78 is 5.89. The lowest BCUT2D eigenvalue weighted by Crippen LogP contribution is -2.30. The minimum atomic E-state index is -1.40. The van der Waals surface area contributed by atoms with Crippen LogP contribution in [0.15, 0.2) is 429 Å². The Labute approximate surface area is 865 Å². The number of methoxy groups -OCH3 is 1. The Hall–Kier alpha value is -12.8. The number of benzene rings is 21. The van der Waals surface area contributed by atoms with Gasteiger partial charge in [-0.2, -0.15) is 0 Å². The summed E-state index contributed by atoms with van der Waals surface area (Å²) in [6, 6.07) is 144. The Morgan fingerprint density at radius 1 is 0.214 bits per heavy atom. The van der Waals surface area contributed by atoms with Gasteiger partial charge in [-0.25, -0.2) is 0 Å². The van der Waals surface area contributed by atoms with Crippen molar-refractivity contribution in [2.24, 2.45) is 0 Å². The van der Waals surface area contributed by atoms with Crippen molar-refractivity contribution in [2.75, 3.05) is 32.6 Å². The van der Waals surface area contributed by atoms with Gasteiger partial charge in [0.25, 0.3) is 0 Å². The van der Waals surface area contributed by atoms with Crippen LogP contribution in [-0.2, 0) is 4.74 Å². The van der Waals surface area contributed by atoms with Gasteiger partial charge in [0.05, 0.1) is 13.4 Å². The van der Waals surface area contributed by atoms with E-state index in [1.54, 1.807) is 25.5 Å². The molecule has 11 heteroatoms. The number of hydrogen-bond acceptors (Lipinski definition) is 5. The molecular formula is C129H144BBrCl4O5. The van der Waals surface area contributed by atoms with Crippen LogP contribution in [0.4, 0.5) is 0 Å². The number of rotatable bonds is 7. The molecule has 0 bridgehead atoms. The van der Waals surface area contributed by atoms with Crippen LogP contribution in [0, 0.1) is 0 Å². The fourth-order valence-electron chi connectivity index (χ4n) is 15.2. The fourth-order valence-corrected chi connectivity index (χ4v) is 15.6. The average Bonchev–Trinajstić information content (AvgIpc) is 0.761. The van der Waals surface area contributed by atoms with Gasteiger partial charge in [0.15, 0.2) is 12.6 Å². The van der Waals surface area contributed by atoms with Gasteiger partial charge in [0, 0.05) is 41.1 Å². The van der Waals surface area contributed by atoms with Crippen LogP contribution < -0.4 is 5.46 Å². The van der Waals surface area contributed by atoms with E-state index in [1.165, 1.54) is 155 Å². The molecule has 0 heterocycles. The van der Waals surface area contributed by atoms with Gasteiger partial charge >= 0.3 is 7.12 Å². The predicted octanol–water partition coefficient (Wildman–Crippen LogP) is 40.3. The zero-order valence-electron chi connectivity index (χ0n) is 86.2. The van der Waals surface area contributed by atoms with Gasteiger partial charge in [0.1, 0.15) is 0 Å². The molecule has 21 rings (SSSR count). The Kier molecular flexibility index (Phi) is 65.5. The smallest absolute Gasteiger partial charge is 0.489 e. The van der Waals surface area contributed by atoms with Crippen molar-refractivity contribution in [3.05, 3.63) is 446 Å². The largest absolute Gasteiger partial charge is 0.504 e. The molecule has 0 aliphatic rings. The molecule has 728 valence electrons. The summed E-state index contributed by atoms with van der Waals surface area (Å²) in [6.45, 7) is 36.0. The first-order valence-electron chi connectivity index (χ1n) is 48.4. The van der Waals surface area contributed by atoms with Crippen molar-refractivity contribution in [1.82, 2.24) is 0 Å². The second-order valence-corrected chi connectivity index (χ2v) is 28.3. The molecule has 5 nitrogen and oxygen atoms in total. The van der Waals surface area contributed by atoms with Crippen molar-refractivity contribution in [2.45, 2.75) is 125 Å². The number of alkyl halides is 4. The van der Waals surface area contributed by atoms with E-state index in [-0.39, 0.29) is 0 Å². The highest BCUT2D eigenvalue weighted by Gasteiger charge is 2.15. The first-order chi connectivity index (χ1) is 69.2. The third kappa shape index (κ3) is 34.9. The first kappa shape index (κ1) is 123. The Morgan fingerprint density at radius 3 is 0.671 bits per heavy atom. The van der Waals surface area contributed by atoms with Crippen molar-refractivity contribution in [3.8, 4) is 22.3 Å². The highest BCUT2D eigenvalue weighted by atomic mass is 79.9. The van der Waals surface area contributed by atoms with Crippen molar-refractivity contribution >= 4 is 223 Å². The Morgan fingerprint density at radius 2 is 0.407 bits per heavy atom. The number of halogens is 5. The third-order valence-electron chi connectivity index (χ3n) is 20.6. The number of aldehydes is 2. The topological polar surface area (TPSA) is 83.8 Å². The quantitative estimate of drug-likeness (QED) is 0.0546. The molecule has 0 aliphatic heterocycles. The minimum absolute atomic E-state index is 0.554. The monoisotopic (exact) mass is 2000 g/mol. The minimum Gasteiger partial charge on any atom is -0.504 e. The molecule has 140 heavy (non-hydrogen) atoms. The van der Waals surface area contributed by atoms with Gasteiger partial charge in [-0.05, 0) is 175 Å². The van der Waals surface area contributed by atoms with Gasteiger partial charge in [-0.15, -0.1) is 46.4 Å². The van der Waals surface area contributed by atoms with Crippen LogP contribution in [0.5, 0.6) is 0 Å². The Balaban J connectivity index is 0.000000534. The molecule has 21 aromatic carbocycles. The van der Waals surface area contributed by atoms with Gasteiger partial charge in [0.2, 0.25) is 0 Å². The predicted molar refractivity (Wildman–Crippen MR) is 640 cm³/mol. The van der Waals surface area contributed by atoms with Crippen molar-refractivity contribution in [1.29, 1.82) is 0 Å². The molecule has 0 saturated carbocycles. The van der Waals surface area contributed by atoms with Crippen LogP contribution >= 0.6 is 62.3 Å². The van der Waals surface area contributed by atoms with E-state index in [9.17, 15) is 9.59 Å². The number of carbonyl (C=O) groups is 2. The summed E-state index contributed by atoms with van der Waals surface area (Å²) in [4.78, 5) is 21.3. The normalized spacial score (nSPS) is 9.39. The van der Waals surface area contributed by atoms with Crippen LogP contribution in [0.1, 0.15) is 151 Å². The van der Waals surface area contributed by atoms with E-state index in [0.29, 0.717) is 11.0 Å². The highest BCUT2D eigenvalue weighted by Crippen LogP contribution is 2.38. The summed E-state index contributed by atoms with van der Waals surface area (Å²) in [5.41, 5.74) is 7.70. The number of carbonyl (C=O) groups excluding carboxylic acids is 2. The summed E-state index contributed by atoms with van der Waals surface area (Å²) in [5, 5.41) is 48.9. The molecule has 2 N–H and O–H groups in total. The maximum atomic E-state index is 11.1.